The lowest BCUT2D eigenvalue weighted by atomic mass is 10.2. The third kappa shape index (κ3) is 2.90. The second-order valence-corrected chi connectivity index (χ2v) is 5.44. The van der Waals surface area contributed by atoms with Gasteiger partial charge in [0, 0.05) is 5.56 Å². The largest absolute Gasteiger partial charge is 0.419 e. The van der Waals surface area contributed by atoms with Gasteiger partial charge >= 0.3 is 0 Å². The third-order valence-electron chi connectivity index (χ3n) is 4.01. The number of likely N-dealkylation sites (tertiary alicyclic amines) is 1. The zero-order valence-corrected chi connectivity index (χ0v) is 12.0. The Labute approximate surface area is 119 Å². The quantitative estimate of drug-likeness (QED) is 0.854. The van der Waals surface area contributed by atoms with Gasteiger partial charge in [-0.2, -0.15) is 0 Å². The van der Waals surface area contributed by atoms with Gasteiger partial charge in [0.25, 0.3) is 0 Å². The molecule has 3 rings (SSSR count). The predicted molar refractivity (Wildman–Crippen MR) is 78.2 cm³/mol. The molecule has 0 spiro atoms. The van der Waals surface area contributed by atoms with E-state index in [2.05, 4.69) is 22.0 Å². The van der Waals surface area contributed by atoms with Crippen molar-refractivity contribution < 1.29 is 4.42 Å². The summed E-state index contributed by atoms with van der Waals surface area (Å²) >= 11 is 0. The summed E-state index contributed by atoms with van der Waals surface area (Å²) in [4.78, 5) is 2.45. The van der Waals surface area contributed by atoms with Crippen LogP contribution in [0.3, 0.4) is 0 Å². The van der Waals surface area contributed by atoms with Crippen LogP contribution >= 0.6 is 0 Å². The lowest BCUT2D eigenvalue weighted by Crippen LogP contribution is -2.28. The van der Waals surface area contributed by atoms with E-state index in [1.54, 1.807) is 0 Å². The summed E-state index contributed by atoms with van der Waals surface area (Å²) in [6.45, 7) is 4.42. The first kappa shape index (κ1) is 13.3. The molecule has 0 N–H and O–H groups in total. The van der Waals surface area contributed by atoms with Gasteiger partial charge in [-0.15, -0.1) is 10.2 Å². The van der Waals surface area contributed by atoms with Crippen LogP contribution in [0.25, 0.3) is 11.5 Å². The summed E-state index contributed by atoms with van der Waals surface area (Å²) in [5.41, 5.74) is 0.981. The SMILES string of the molecule is CC(c1nnc(-c2ccccc2)o1)N1CCCCCC1. The van der Waals surface area contributed by atoms with Crippen molar-refractivity contribution in [1.82, 2.24) is 15.1 Å². The topological polar surface area (TPSA) is 42.2 Å². The van der Waals surface area contributed by atoms with Crippen LogP contribution in [0.2, 0.25) is 0 Å². The van der Waals surface area contributed by atoms with Crippen molar-refractivity contribution in [1.29, 1.82) is 0 Å². The van der Waals surface area contributed by atoms with Gasteiger partial charge in [-0.25, -0.2) is 0 Å². The number of hydrogen-bond donors (Lipinski definition) is 0. The number of hydrogen-bond acceptors (Lipinski definition) is 4. The molecule has 4 heteroatoms. The van der Waals surface area contributed by atoms with E-state index in [9.17, 15) is 0 Å². The van der Waals surface area contributed by atoms with Crippen molar-refractivity contribution in [3.05, 3.63) is 36.2 Å². The minimum absolute atomic E-state index is 0.207. The van der Waals surface area contributed by atoms with Crippen LogP contribution in [-0.2, 0) is 0 Å². The van der Waals surface area contributed by atoms with Crippen LogP contribution in [0.5, 0.6) is 0 Å². The Morgan fingerprint density at radius 2 is 1.70 bits per heavy atom. The fourth-order valence-electron chi connectivity index (χ4n) is 2.74. The Morgan fingerprint density at radius 3 is 2.40 bits per heavy atom. The average molecular weight is 271 g/mol. The molecule has 1 aliphatic rings. The van der Waals surface area contributed by atoms with Crippen molar-refractivity contribution in [2.24, 2.45) is 0 Å². The van der Waals surface area contributed by atoms with Gasteiger partial charge in [-0.1, -0.05) is 31.0 Å². The first-order chi connectivity index (χ1) is 9.84. The highest BCUT2D eigenvalue weighted by Crippen LogP contribution is 2.25. The van der Waals surface area contributed by atoms with Crippen LogP contribution in [0.15, 0.2) is 34.7 Å². The van der Waals surface area contributed by atoms with Gasteiger partial charge in [0.2, 0.25) is 11.8 Å². The molecule has 0 aliphatic carbocycles. The van der Waals surface area contributed by atoms with Crippen LogP contribution in [0, 0.1) is 0 Å². The molecule has 2 aromatic rings. The molecule has 1 unspecified atom stereocenters. The molecule has 2 heterocycles. The third-order valence-corrected chi connectivity index (χ3v) is 4.01. The Hall–Kier alpha value is -1.68. The van der Waals surface area contributed by atoms with E-state index in [0.29, 0.717) is 5.89 Å². The lowest BCUT2D eigenvalue weighted by molar-refractivity contribution is 0.190. The van der Waals surface area contributed by atoms with Gasteiger partial charge in [0.15, 0.2) is 0 Å². The highest BCUT2D eigenvalue weighted by Gasteiger charge is 2.22. The Balaban J connectivity index is 1.75. The molecule has 1 saturated heterocycles. The maximum Gasteiger partial charge on any atom is 0.247 e. The van der Waals surface area contributed by atoms with E-state index in [0.717, 1.165) is 24.5 Å². The van der Waals surface area contributed by atoms with E-state index < -0.39 is 0 Å². The van der Waals surface area contributed by atoms with E-state index in [4.69, 9.17) is 4.42 Å². The molecule has 1 atom stereocenters. The maximum absolute atomic E-state index is 5.86. The fourth-order valence-corrected chi connectivity index (χ4v) is 2.74. The van der Waals surface area contributed by atoms with Gasteiger partial charge in [-0.3, -0.25) is 4.90 Å². The summed E-state index contributed by atoms with van der Waals surface area (Å²) < 4.78 is 5.86. The number of aromatic nitrogens is 2. The molecule has 106 valence electrons. The van der Waals surface area contributed by atoms with Crippen LogP contribution in [0.1, 0.15) is 44.5 Å². The van der Waals surface area contributed by atoms with Gasteiger partial charge in [0.05, 0.1) is 6.04 Å². The molecule has 1 fully saturated rings. The summed E-state index contributed by atoms with van der Waals surface area (Å²) in [6.07, 6.45) is 5.21. The summed E-state index contributed by atoms with van der Waals surface area (Å²) in [5, 5.41) is 8.42. The molecule has 0 radical (unpaired) electrons. The minimum Gasteiger partial charge on any atom is -0.419 e. The van der Waals surface area contributed by atoms with Crippen molar-refractivity contribution in [3.8, 4) is 11.5 Å². The van der Waals surface area contributed by atoms with Crippen molar-refractivity contribution in [2.45, 2.75) is 38.6 Å². The summed E-state index contributed by atoms with van der Waals surface area (Å²) in [5.74, 6) is 1.34. The van der Waals surface area contributed by atoms with Crippen LogP contribution < -0.4 is 0 Å². The highest BCUT2D eigenvalue weighted by atomic mass is 16.4. The molecule has 1 aromatic carbocycles. The van der Waals surface area contributed by atoms with Crippen LogP contribution in [0.4, 0.5) is 0 Å². The predicted octanol–water partition coefficient (Wildman–Crippen LogP) is 3.67. The number of nitrogens with zero attached hydrogens (tertiary/aromatic N) is 3. The highest BCUT2D eigenvalue weighted by molar-refractivity contribution is 5.51. The van der Waals surface area contributed by atoms with E-state index in [1.165, 1.54) is 25.7 Å². The lowest BCUT2D eigenvalue weighted by Gasteiger charge is -2.24. The van der Waals surface area contributed by atoms with E-state index in [-0.39, 0.29) is 6.04 Å². The molecule has 0 amide bonds. The normalized spacial score (nSPS) is 18.6. The minimum atomic E-state index is 0.207. The second kappa shape index (κ2) is 6.18. The average Bonchev–Trinajstić information content (AvgIpc) is 2.83. The molecule has 0 saturated carbocycles. The maximum atomic E-state index is 5.86. The van der Waals surface area contributed by atoms with Crippen molar-refractivity contribution in [2.75, 3.05) is 13.1 Å². The van der Waals surface area contributed by atoms with Crippen LogP contribution in [-0.4, -0.2) is 28.2 Å². The summed E-state index contributed by atoms with van der Waals surface area (Å²) in [7, 11) is 0. The first-order valence-corrected chi connectivity index (χ1v) is 7.47. The first-order valence-electron chi connectivity index (χ1n) is 7.47. The second-order valence-electron chi connectivity index (χ2n) is 5.44. The van der Waals surface area contributed by atoms with Gasteiger partial charge in [-0.05, 0) is 45.0 Å². The Bertz CT molecular complexity index is 530. The van der Waals surface area contributed by atoms with Crippen molar-refractivity contribution >= 4 is 0 Å². The van der Waals surface area contributed by atoms with Crippen molar-refractivity contribution in [3.63, 3.8) is 0 Å². The number of rotatable bonds is 3. The zero-order valence-electron chi connectivity index (χ0n) is 12.0. The molecule has 20 heavy (non-hydrogen) atoms. The zero-order chi connectivity index (χ0) is 13.8. The smallest absolute Gasteiger partial charge is 0.247 e. The molecular formula is C16H21N3O. The molecule has 0 bridgehead atoms. The van der Waals surface area contributed by atoms with E-state index >= 15 is 0 Å². The summed E-state index contributed by atoms with van der Waals surface area (Å²) in [6, 6.07) is 10.1. The number of benzene rings is 1. The van der Waals surface area contributed by atoms with E-state index in [1.807, 2.05) is 30.3 Å². The molecule has 4 nitrogen and oxygen atoms in total. The van der Waals surface area contributed by atoms with Gasteiger partial charge in [0.1, 0.15) is 0 Å². The van der Waals surface area contributed by atoms with Gasteiger partial charge < -0.3 is 4.42 Å². The standard InChI is InChI=1S/C16H21N3O/c1-13(19-11-7-2-3-8-12-19)15-17-18-16(20-15)14-9-5-4-6-10-14/h4-6,9-10,13H,2-3,7-8,11-12H2,1H3. The molecule has 1 aromatic heterocycles. The monoisotopic (exact) mass is 271 g/mol. The Kier molecular flexibility index (Phi) is 4.11. The Morgan fingerprint density at radius 1 is 1.00 bits per heavy atom. The molecular weight excluding hydrogens is 250 g/mol. The molecule has 1 aliphatic heterocycles. The fraction of sp³-hybridized carbons (Fsp3) is 0.500.